The zero-order valence-electron chi connectivity index (χ0n) is 9.53. The third-order valence-corrected chi connectivity index (χ3v) is 3.02. The molecule has 1 aromatic carbocycles. The minimum Gasteiger partial charge on any atom is -0.481 e. The Morgan fingerprint density at radius 2 is 2.00 bits per heavy atom. The summed E-state index contributed by atoms with van der Waals surface area (Å²) in [6, 6.07) is 1.86. The minimum absolute atomic E-state index is 0.166. The Morgan fingerprint density at radius 3 is 2.62 bits per heavy atom. The van der Waals surface area contributed by atoms with Crippen LogP contribution in [0, 0.1) is 13.8 Å². The van der Waals surface area contributed by atoms with Crippen molar-refractivity contribution in [1.29, 1.82) is 0 Å². The summed E-state index contributed by atoms with van der Waals surface area (Å²) in [6.07, 6.45) is 0. The Balaban J connectivity index is 2.59. The SMILES string of the molecule is Cc1cc(C(C)C(=O)O)c2c(c1C)OCO2. The van der Waals surface area contributed by atoms with E-state index in [0.29, 0.717) is 17.1 Å². The van der Waals surface area contributed by atoms with Crippen LogP contribution in [0.2, 0.25) is 0 Å². The molecule has 0 amide bonds. The Bertz CT molecular complexity index is 451. The van der Waals surface area contributed by atoms with Crippen molar-refractivity contribution in [3.05, 3.63) is 22.8 Å². The van der Waals surface area contributed by atoms with Gasteiger partial charge in [0.2, 0.25) is 6.79 Å². The molecular formula is C12H14O4. The van der Waals surface area contributed by atoms with Crippen LogP contribution in [0.15, 0.2) is 6.07 Å². The number of aryl methyl sites for hydroxylation is 1. The van der Waals surface area contributed by atoms with Crippen LogP contribution < -0.4 is 9.47 Å². The number of fused-ring (bicyclic) bond motifs is 1. The molecule has 16 heavy (non-hydrogen) atoms. The molecule has 2 rings (SSSR count). The van der Waals surface area contributed by atoms with Gasteiger partial charge < -0.3 is 14.6 Å². The van der Waals surface area contributed by atoms with Crippen LogP contribution >= 0.6 is 0 Å². The van der Waals surface area contributed by atoms with Gasteiger partial charge in [0.05, 0.1) is 5.92 Å². The first-order chi connectivity index (χ1) is 7.52. The van der Waals surface area contributed by atoms with E-state index in [1.54, 1.807) is 6.92 Å². The maximum Gasteiger partial charge on any atom is 0.310 e. The highest BCUT2D eigenvalue weighted by molar-refractivity contribution is 5.78. The second kappa shape index (κ2) is 3.70. The lowest BCUT2D eigenvalue weighted by molar-refractivity contribution is -0.138. The Labute approximate surface area is 93.8 Å². The van der Waals surface area contributed by atoms with Gasteiger partial charge in [0, 0.05) is 5.56 Å². The molecule has 1 heterocycles. The van der Waals surface area contributed by atoms with Crippen molar-refractivity contribution in [3.63, 3.8) is 0 Å². The van der Waals surface area contributed by atoms with E-state index in [9.17, 15) is 4.79 Å². The van der Waals surface area contributed by atoms with Crippen molar-refractivity contribution >= 4 is 5.97 Å². The van der Waals surface area contributed by atoms with Crippen LogP contribution in [0.1, 0.15) is 29.5 Å². The molecule has 1 aliphatic rings. The Hall–Kier alpha value is -1.71. The molecule has 0 bridgehead atoms. The van der Waals surface area contributed by atoms with Crippen molar-refractivity contribution < 1.29 is 19.4 Å². The standard InChI is InChI=1S/C12H14O4/c1-6-4-9(8(3)12(13)14)11-10(7(6)2)15-5-16-11/h4,8H,5H2,1-3H3,(H,13,14). The van der Waals surface area contributed by atoms with Gasteiger partial charge in [-0.3, -0.25) is 4.79 Å². The Morgan fingerprint density at radius 1 is 1.38 bits per heavy atom. The molecule has 1 atom stereocenters. The monoisotopic (exact) mass is 222 g/mol. The van der Waals surface area contributed by atoms with Crippen molar-refractivity contribution in [2.24, 2.45) is 0 Å². The van der Waals surface area contributed by atoms with Crippen LogP contribution in [0.4, 0.5) is 0 Å². The number of rotatable bonds is 2. The number of benzene rings is 1. The van der Waals surface area contributed by atoms with E-state index in [1.165, 1.54) is 0 Å². The predicted octanol–water partition coefficient (Wildman–Crippen LogP) is 2.22. The van der Waals surface area contributed by atoms with E-state index in [4.69, 9.17) is 14.6 Å². The molecule has 86 valence electrons. The van der Waals surface area contributed by atoms with Gasteiger partial charge in [-0.25, -0.2) is 0 Å². The van der Waals surface area contributed by atoms with Crippen LogP contribution in [-0.2, 0) is 4.79 Å². The van der Waals surface area contributed by atoms with Gasteiger partial charge in [0.1, 0.15) is 0 Å². The first-order valence-electron chi connectivity index (χ1n) is 5.15. The fourth-order valence-corrected chi connectivity index (χ4v) is 1.81. The average molecular weight is 222 g/mol. The van der Waals surface area contributed by atoms with Gasteiger partial charge in [-0.15, -0.1) is 0 Å². The summed E-state index contributed by atoms with van der Waals surface area (Å²) in [7, 11) is 0. The van der Waals surface area contributed by atoms with Crippen LogP contribution in [0.25, 0.3) is 0 Å². The fraction of sp³-hybridized carbons (Fsp3) is 0.417. The molecule has 1 aromatic rings. The third-order valence-electron chi connectivity index (χ3n) is 3.02. The zero-order valence-corrected chi connectivity index (χ0v) is 9.53. The van der Waals surface area contributed by atoms with E-state index >= 15 is 0 Å². The molecule has 0 aromatic heterocycles. The van der Waals surface area contributed by atoms with Gasteiger partial charge in [0.15, 0.2) is 11.5 Å². The third kappa shape index (κ3) is 1.50. The van der Waals surface area contributed by atoms with Crippen molar-refractivity contribution in [2.75, 3.05) is 6.79 Å². The maximum absolute atomic E-state index is 11.0. The van der Waals surface area contributed by atoms with Gasteiger partial charge >= 0.3 is 5.97 Å². The first-order valence-corrected chi connectivity index (χ1v) is 5.15. The summed E-state index contributed by atoms with van der Waals surface area (Å²) >= 11 is 0. The van der Waals surface area contributed by atoms with Gasteiger partial charge in [-0.05, 0) is 31.9 Å². The van der Waals surface area contributed by atoms with Crippen LogP contribution in [0.3, 0.4) is 0 Å². The van der Waals surface area contributed by atoms with E-state index in [0.717, 1.165) is 11.1 Å². The largest absolute Gasteiger partial charge is 0.481 e. The molecule has 0 radical (unpaired) electrons. The fourth-order valence-electron chi connectivity index (χ4n) is 1.81. The van der Waals surface area contributed by atoms with E-state index in [-0.39, 0.29) is 6.79 Å². The Kier molecular flexibility index (Phi) is 2.50. The summed E-state index contributed by atoms with van der Waals surface area (Å²) in [5.74, 6) is -0.184. The molecule has 0 fully saturated rings. The van der Waals surface area contributed by atoms with E-state index < -0.39 is 11.9 Å². The van der Waals surface area contributed by atoms with Crippen molar-refractivity contribution in [1.82, 2.24) is 0 Å². The van der Waals surface area contributed by atoms with Gasteiger partial charge in [-0.2, -0.15) is 0 Å². The maximum atomic E-state index is 11.0. The number of carboxylic acid groups (broad SMARTS) is 1. The molecule has 0 aliphatic carbocycles. The summed E-state index contributed by atoms with van der Waals surface area (Å²) in [4.78, 5) is 11.0. The van der Waals surface area contributed by atoms with Crippen molar-refractivity contribution in [2.45, 2.75) is 26.7 Å². The molecule has 1 N–H and O–H groups in total. The smallest absolute Gasteiger partial charge is 0.310 e. The second-order valence-corrected chi connectivity index (χ2v) is 4.03. The lowest BCUT2D eigenvalue weighted by Crippen LogP contribution is -2.09. The molecular weight excluding hydrogens is 208 g/mol. The van der Waals surface area contributed by atoms with Crippen LogP contribution in [-0.4, -0.2) is 17.9 Å². The number of aliphatic carboxylic acids is 1. The van der Waals surface area contributed by atoms with Gasteiger partial charge in [0.25, 0.3) is 0 Å². The topological polar surface area (TPSA) is 55.8 Å². The molecule has 4 nitrogen and oxygen atoms in total. The highest BCUT2D eigenvalue weighted by Gasteiger charge is 2.27. The molecule has 1 aliphatic heterocycles. The summed E-state index contributed by atoms with van der Waals surface area (Å²) in [6.45, 7) is 5.70. The number of carboxylic acids is 1. The van der Waals surface area contributed by atoms with E-state index in [2.05, 4.69) is 0 Å². The summed E-state index contributed by atoms with van der Waals surface area (Å²) in [5, 5.41) is 9.03. The summed E-state index contributed by atoms with van der Waals surface area (Å²) < 4.78 is 10.7. The molecule has 0 saturated heterocycles. The van der Waals surface area contributed by atoms with Crippen LogP contribution in [0.5, 0.6) is 11.5 Å². The highest BCUT2D eigenvalue weighted by atomic mass is 16.7. The number of hydrogen-bond acceptors (Lipinski definition) is 3. The average Bonchev–Trinajstić information content (AvgIpc) is 2.71. The number of hydrogen-bond donors (Lipinski definition) is 1. The first kappa shape index (κ1) is 10.8. The normalized spacial score (nSPS) is 14.9. The molecule has 1 unspecified atom stereocenters. The number of ether oxygens (including phenoxy) is 2. The highest BCUT2D eigenvalue weighted by Crippen LogP contribution is 2.43. The quantitative estimate of drug-likeness (QED) is 0.833. The van der Waals surface area contributed by atoms with Crippen molar-refractivity contribution in [3.8, 4) is 11.5 Å². The lowest BCUT2D eigenvalue weighted by atomic mass is 9.95. The number of carbonyl (C=O) groups is 1. The minimum atomic E-state index is -0.860. The lowest BCUT2D eigenvalue weighted by Gasteiger charge is -2.13. The molecule has 0 spiro atoms. The van der Waals surface area contributed by atoms with E-state index in [1.807, 2.05) is 19.9 Å². The molecule has 0 saturated carbocycles. The second-order valence-electron chi connectivity index (χ2n) is 4.03. The predicted molar refractivity (Wildman–Crippen MR) is 58.1 cm³/mol. The zero-order chi connectivity index (χ0) is 11.9. The molecule has 4 heteroatoms. The van der Waals surface area contributed by atoms with Gasteiger partial charge in [-0.1, -0.05) is 6.07 Å². The summed E-state index contributed by atoms with van der Waals surface area (Å²) in [5.41, 5.74) is 2.71.